The summed E-state index contributed by atoms with van der Waals surface area (Å²) in [6.45, 7) is -0.554. The lowest BCUT2D eigenvalue weighted by Gasteiger charge is -2.39. The van der Waals surface area contributed by atoms with Gasteiger partial charge in [0.1, 0.15) is 41.7 Å². The van der Waals surface area contributed by atoms with E-state index in [9.17, 15) is 25.2 Å². The van der Waals surface area contributed by atoms with Crippen LogP contribution in [0.1, 0.15) is 11.9 Å². The highest BCUT2D eigenvalue weighted by atomic mass is 16.6. The molecule has 1 saturated heterocycles. The first-order chi connectivity index (χ1) is 17.4. The number of aliphatic hydroxyl groups is 4. The van der Waals surface area contributed by atoms with E-state index in [4.69, 9.17) is 14.5 Å². The van der Waals surface area contributed by atoms with Gasteiger partial charge >= 0.3 is 0 Å². The first-order valence-electron chi connectivity index (χ1n) is 11.3. The molecule has 0 radical (unpaired) electrons. The van der Waals surface area contributed by atoms with Gasteiger partial charge in [-0.2, -0.15) is 0 Å². The third kappa shape index (κ3) is 4.25. The molecule has 0 unspecified atom stereocenters. The first-order valence-corrected chi connectivity index (χ1v) is 11.3. The number of benzene rings is 2. The Morgan fingerprint density at radius 1 is 1.03 bits per heavy atom. The average molecular weight is 495 g/mol. The summed E-state index contributed by atoms with van der Waals surface area (Å²) in [5.41, 5.74) is 1.34. The van der Waals surface area contributed by atoms with Crippen molar-refractivity contribution >= 4 is 10.9 Å². The van der Waals surface area contributed by atoms with Gasteiger partial charge in [-0.05, 0) is 36.4 Å². The predicted octanol–water partition coefficient (Wildman–Crippen LogP) is -0.316. The Labute approximate surface area is 204 Å². The molecular weight excluding hydrogens is 470 g/mol. The second kappa shape index (κ2) is 9.76. The largest absolute Gasteiger partial charge is 0.497 e. The van der Waals surface area contributed by atoms with Gasteiger partial charge in [0.05, 0.1) is 37.4 Å². The molecule has 4 aromatic rings. The third-order valence-corrected chi connectivity index (χ3v) is 6.22. The molecule has 188 valence electrons. The fraction of sp³-hybridized carbons (Fsp3) is 0.333. The van der Waals surface area contributed by atoms with E-state index in [0.29, 0.717) is 33.7 Å². The Hall–Kier alpha value is -3.68. The SMILES string of the molecule is COc1ccc(-c2nc3ccccc3c(=O)n2Cc2cn([C@@H]3O[C@H](CO)[C@@H](O)[C@H](O)[C@H]3O)nn2)cc1. The van der Waals surface area contributed by atoms with Crippen LogP contribution in [0.4, 0.5) is 0 Å². The minimum absolute atomic E-state index is 0.00938. The summed E-state index contributed by atoms with van der Waals surface area (Å²) >= 11 is 0. The third-order valence-electron chi connectivity index (χ3n) is 6.22. The maximum atomic E-state index is 13.5. The van der Waals surface area contributed by atoms with Crippen molar-refractivity contribution in [2.24, 2.45) is 0 Å². The summed E-state index contributed by atoms with van der Waals surface area (Å²) < 4.78 is 13.4. The van der Waals surface area contributed by atoms with Crippen LogP contribution in [0.15, 0.2) is 59.5 Å². The Morgan fingerprint density at radius 3 is 2.50 bits per heavy atom. The van der Waals surface area contributed by atoms with Gasteiger partial charge in [-0.25, -0.2) is 9.67 Å². The molecule has 0 saturated carbocycles. The fourth-order valence-electron chi connectivity index (χ4n) is 4.25. The lowest BCUT2D eigenvalue weighted by atomic mass is 9.98. The van der Waals surface area contributed by atoms with Crippen LogP contribution < -0.4 is 10.3 Å². The fourth-order valence-corrected chi connectivity index (χ4v) is 4.25. The van der Waals surface area contributed by atoms with E-state index in [0.717, 1.165) is 0 Å². The number of aliphatic hydroxyl groups excluding tert-OH is 4. The second-order valence-corrected chi connectivity index (χ2v) is 8.48. The van der Waals surface area contributed by atoms with Crippen molar-refractivity contribution in [1.82, 2.24) is 24.5 Å². The van der Waals surface area contributed by atoms with Gasteiger partial charge in [-0.15, -0.1) is 5.10 Å². The zero-order chi connectivity index (χ0) is 25.4. The van der Waals surface area contributed by atoms with E-state index in [1.807, 2.05) is 6.07 Å². The summed E-state index contributed by atoms with van der Waals surface area (Å²) in [5, 5.41) is 48.5. The molecule has 0 amide bonds. The van der Waals surface area contributed by atoms with E-state index in [1.165, 1.54) is 15.4 Å². The molecule has 4 N–H and O–H groups in total. The molecule has 1 fully saturated rings. The standard InChI is InChI=1S/C24H25N5O7/c1-35-15-8-6-13(7-9-15)22-25-17-5-3-2-4-16(17)23(34)28(22)10-14-11-29(27-26-14)24-21(33)20(32)19(31)18(12-30)36-24/h2-9,11,18-21,24,30-33H,10,12H2,1H3/t18-,19-,20+,21-,24-/m1/s1. The number of aromatic nitrogens is 5. The first kappa shape index (κ1) is 24.0. The summed E-state index contributed by atoms with van der Waals surface area (Å²) in [7, 11) is 1.57. The smallest absolute Gasteiger partial charge is 0.262 e. The zero-order valence-corrected chi connectivity index (χ0v) is 19.2. The van der Waals surface area contributed by atoms with Crippen molar-refractivity contribution in [2.45, 2.75) is 37.2 Å². The quantitative estimate of drug-likeness (QED) is 0.279. The minimum atomic E-state index is -1.55. The van der Waals surface area contributed by atoms with Crippen LogP contribution in [0.2, 0.25) is 0 Å². The van der Waals surface area contributed by atoms with Gasteiger partial charge < -0.3 is 29.9 Å². The Bertz CT molecular complexity index is 1420. The molecule has 12 heteroatoms. The number of para-hydroxylation sites is 1. The number of hydrogen-bond donors (Lipinski definition) is 4. The summed E-state index contributed by atoms with van der Waals surface area (Å²) in [6, 6.07) is 14.2. The van der Waals surface area contributed by atoms with Crippen molar-refractivity contribution in [3.63, 3.8) is 0 Å². The molecule has 0 aliphatic carbocycles. The molecule has 2 aromatic heterocycles. The molecule has 0 spiro atoms. The van der Waals surface area contributed by atoms with Gasteiger partial charge in [0, 0.05) is 5.56 Å². The summed E-state index contributed by atoms with van der Waals surface area (Å²) in [5.74, 6) is 1.08. The maximum Gasteiger partial charge on any atom is 0.262 e. The molecule has 0 bridgehead atoms. The lowest BCUT2D eigenvalue weighted by Crippen LogP contribution is -2.56. The number of rotatable bonds is 6. The molecule has 3 heterocycles. The molecule has 5 atom stereocenters. The average Bonchev–Trinajstić information content (AvgIpc) is 3.37. The highest BCUT2D eigenvalue weighted by molar-refractivity contribution is 5.79. The van der Waals surface area contributed by atoms with Crippen LogP contribution in [0.25, 0.3) is 22.3 Å². The monoisotopic (exact) mass is 495 g/mol. The van der Waals surface area contributed by atoms with Gasteiger partial charge in [0.25, 0.3) is 5.56 Å². The van der Waals surface area contributed by atoms with E-state index >= 15 is 0 Å². The van der Waals surface area contributed by atoms with Gasteiger partial charge in [0.15, 0.2) is 6.23 Å². The molecule has 5 rings (SSSR count). The van der Waals surface area contributed by atoms with Crippen molar-refractivity contribution in [3.05, 3.63) is 70.8 Å². The lowest BCUT2D eigenvalue weighted by molar-refractivity contribution is -0.254. The van der Waals surface area contributed by atoms with Crippen LogP contribution in [0.3, 0.4) is 0 Å². The normalized spacial score (nSPS) is 24.2. The van der Waals surface area contributed by atoms with Gasteiger partial charge in [-0.3, -0.25) is 9.36 Å². The summed E-state index contributed by atoms with van der Waals surface area (Å²) in [6.07, 6.45) is -5.38. The highest BCUT2D eigenvalue weighted by Gasteiger charge is 2.44. The Balaban J connectivity index is 1.53. The minimum Gasteiger partial charge on any atom is -0.497 e. The van der Waals surface area contributed by atoms with Crippen molar-refractivity contribution in [2.75, 3.05) is 13.7 Å². The van der Waals surface area contributed by atoms with E-state index in [1.54, 1.807) is 49.6 Å². The van der Waals surface area contributed by atoms with Crippen LogP contribution >= 0.6 is 0 Å². The van der Waals surface area contributed by atoms with E-state index in [2.05, 4.69) is 10.3 Å². The van der Waals surface area contributed by atoms with Crippen LogP contribution in [-0.4, -0.2) is 83.1 Å². The number of methoxy groups -OCH3 is 1. The zero-order valence-electron chi connectivity index (χ0n) is 19.2. The second-order valence-electron chi connectivity index (χ2n) is 8.48. The highest BCUT2D eigenvalue weighted by Crippen LogP contribution is 2.28. The maximum absolute atomic E-state index is 13.5. The topological polar surface area (TPSA) is 165 Å². The summed E-state index contributed by atoms with van der Waals surface area (Å²) in [4.78, 5) is 18.2. The molecule has 36 heavy (non-hydrogen) atoms. The predicted molar refractivity (Wildman–Crippen MR) is 126 cm³/mol. The van der Waals surface area contributed by atoms with Crippen LogP contribution in [0.5, 0.6) is 5.75 Å². The van der Waals surface area contributed by atoms with Crippen LogP contribution in [0, 0.1) is 0 Å². The van der Waals surface area contributed by atoms with E-state index < -0.39 is 37.3 Å². The van der Waals surface area contributed by atoms with E-state index in [-0.39, 0.29) is 12.1 Å². The molecular formula is C24H25N5O7. The molecule has 1 aliphatic rings. The van der Waals surface area contributed by atoms with Gasteiger partial charge in [-0.1, -0.05) is 17.3 Å². The van der Waals surface area contributed by atoms with Crippen LogP contribution in [-0.2, 0) is 11.3 Å². The number of ether oxygens (including phenoxy) is 2. The van der Waals surface area contributed by atoms with Gasteiger partial charge in [0.2, 0.25) is 0 Å². The Morgan fingerprint density at radius 2 is 1.78 bits per heavy atom. The van der Waals surface area contributed by atoms with Crippen molar-refractivity contribution < 1.29 is 29.9 Å². The molecule has 2 aromatic carbocycles. The molecule has 12 nitrogen and oxygen atoms in total. The molecule has 1 aliphatic heterocycles. The number of fused-ring (bicyclic) bond motifs is 1. The number of nitrogens with zero attached hydrogens (tertiary/aromatic N) is 5. The number of hydrogen-bond acceptors (Lipinski definition) is 10. The Kier molecular flexibility index (Phi) is 6.51. The van der Waals surface area contributed by atoms with Crippen molar-refractivity contribution in [1.29, 1.82) is 0 Å². The van der Waals surface area contributed by atoms with Crippen molar-refractivity contribution in [3.8, 4) is 17.1 Å².